The highest BCUT2D eigenvalue weighted by molar-refractivity contribution is 8.00. The van der Waals surface area contributed by atoms with Crippen LogP contribution in [0, 0.1) is 13.8 Å². The van der Waals surface area contributed by atoms with E-state index in [4.69, 9.17) is 16.0 Å². The van der Waals surface area contributed by atoms with Crippen LogP contribution in [-0.2, 0) is 4.79 Å². The van der Waals surface area contributed by atoms with E-state index in [1.165, 1.54) is 17.3 Å². The Morgan fingerprint density at radius 2 is 2.04 bits per heavy atom. The van der Waals surface area contributed by atoms with Gasteiger partial charge < -0.3 is 9.73 Å². The number of carbonyl (C=O) groups is 1. The average Bonchev–Trinajstić information content (AvgIpc) is 3.07. The highest BCUT2D eigenvalue weighted by Crippen LogP contribution is 2.28. The summed E-state index contributed by atoms with van der Waals surface area (Å²) >= 11 is 7.14. The first-order chi connectivity index (χ1) is 12.4. The number of nitrogens with zero attached hydrogens (tertiary/aromatic N) is 3. The van der Waals surface area contributed by atoms with Gasteiger partial charge in [-0.1, -0.05) is 29.4 Å². The van der Waals surface area contributed by atoms with E-state index < -0.39 is 5.25 Å². The van der Waals surface area contributed by atoms with E-state index >= 15 is 0 Å². The van der Waals surface area contributed by atoms with Crippen LogP contribution < -0.4 is 5.32 Å². The summed E-state index contributed by atoms with van der Waals surface area (Å²) in [6, 6.07) is 9.33. The molecule has 134 valence electrons. The van der Waals surface area contributed by atoms with E-state index in [2.05, 4.69) is 20.5 Å². The molecule has 0 aliphatic carbocycles. The quantitative estimate of drug-likeness (QED) is 0.511. The summed E-state index contributed by atoms with van der Waals surface area (Å²) in [5.41, 5.74) is 3.66. The Hall–Kier alpha value is -2.38. The molecule has 3 aromatic rings. The highest BCUT2D eigenvalue weighted by atomic mass is 35.5. The molecule has 0 bridgehead atoms. The van der Waals surface area contributed by atoms with Crippen molar-refractivity contribution >= 4 is 35.0 Å². The molecule has 1 amide bonds. The number of pyridine rings is 1. The Balaban J connectivity index is 1.67. The molecule has 1 aromatic carbocycles. The molecular formula is C18H17ClN4O2S. The van der Waals surface area contributed by atoms with Gasteiger partial charge in [-0.2, -0.15) is 0 Å². The molecular weight excluding hydrogens is 372 g/mol. The Labute approximate surface area is 160 Å². The van der Waals surface area contributed by atoms with E-state index in [9.17, 15) is 4.79 Å². The molecule has 2 aromatic heterocycles. The molecule has 1 N–H and O–H groups in total. The number of aryl methyl sites for hydroxylation is 2. The van der Waals surface area contributed by atoms with Gasteiger partial charge in [0.05, 0.1) is 10.9 Å². The monoisotopic (exact) mass is 388 g/mol. The number of anilines is 1. The van der Waals surface area contributed by atoms with E-state index in [0.717, 1.165) is 11.1 Å². The first kappa shape index (κ1) is 18.4. The first-order valence-electron chi connectivity index (χ1n) is 7.93. The van der Waals surface area contributed by atoms with Crippen molar-refractivity contribution in [2.75, 3.05) is 5.32 Å². The number of aromatic nitrogens is 3. The maximum atomic E-state index is 12.3. The predicted octanol–water partition coefficient (Wildman–Crippen LogP) is 4.52. The van der Waals surface area contributed by atoms with Gasteiger partial charge >= 0.3 is 0 Å². The molecule has 0 saturated heterocycles. The van der Waals surface area contributed by atoms with E-state index in [1.807, 2.05) is 32.0 Å². The van der Waals surface area contributed by atoms with Crippen molar-refractivity contribution in [3.8, 4) is 11.5 Å². The molecule has 0 saturated carbocycles. The smallest absolute Gasteiger partial charge is 0.277 e. The van der Waals surface area contributed by atoms with Crippen LogP contribution in [0.2, 0.25) is 5.15 Å². The number of hydrogen-bond donors (Lipinski definition) is 1. The standard InChI is InChI=1S/C18H17ClN4O2S/c1-10-6-7-13(9-11(10)2)17-22-23-18(25-17)26-12(3)16(24)21-14-5-4-8-20-15(14)19/h4-9,12H,1-3H3,(H,21,24)/t12-/m0/s1. The fourth-order valence-corrected chi connectivity index (χ4v) is 3.02. The number of rotatable bonds is 5. The Morgan fingerprint density at radius 3 is 2.77 bits per heavy atom. The van der Waals surface area contributed by atoms with Crippen LogP contribution in [0.3, 0.4) is 0 Å². The molecule has 0 spiro atoms. The third-order valence-electron chi connectivity index (χ3n) is 3.82. The Morgan fingerprint density at radius 1 is 1.23 bits per heavy atom. The van der Waals surface area contributed by atoms with Gasteiger partial charge in [0.2, 0.25) is 11.8 Å². The highest BCUT2D eigenvalue weighted by Gasteiger charge is 2.20. The van der Waals surface area contributed by atoms with Crippen LogP contribution in [0.15, 0.2) is 46.2 Å². The molecule has 0 aliphatic heterocycles. The second-order valence-electron chi connectivity index (χ2n) is 5.76. The van der Waals surface area contributed by atoms with Gasteiger partial charge in [-0.15, -0.1) is 10.2 Å². The second kappa shape index (κ2) is 7.88. The molecule has 0 fully saturated rings. The van der Waals surface area contributed by atoms with Crippen molar-refractivity contribution in [3.05, 3.63) is 52.8 Å². The van der Waals surface area contributed by atoms with Crippen LogP contribution >= 0.6 is 23.4 Å². The van der Waals surface area contributed by atoms with Crippen LogP contribution in [0.4, 0.5) is 5.69 Å². The number of carbonyl (C=O) groups excluding carboxylic acids is 1. The maximum Gasteiger partial charge on any atom is 0.277 e. The van der Waals surface area contributed by atoms with Crippen LogP contribution in [-0.4, -0.2) is 26.3 Å². The first-order valence-corrected chi connectivity index (χ1v) is 9.19. The zero-order valence-electron chi connectivity index (χ0n) is 14.5. The summed E-state index contributed by atoms with van der Waals surface area (Å²) in [5, 5.41) is 11.0. The molecule has 2 heterocycles. The van der Waals surface area contributed by atoms with Gasteiger partial charge in [0.25, 0.3) is 5.22 Å². The molecule has 0 aliphatic rings. The lowest BCUT2D eigenvalue weighted by atomic mass is 10.1. The minimum atomic E-state index is -0.445. The fraction of sp³-hybridized carbons (Fsp3) is 0.222. The lowest BCUT2D eigenvalue weighted by Crippen LogP contribution is -2.22. The lowest BCUT2D eigenvalue weighted by Gasteiger charge is -2.10. The largest absolute Gasteiger partial charge is 0.411 e. The van der Waals surface area contributed by atoms with E-state index in [-0.39, 0.29) is 11.1 Å². The molecule has 26 heavy (non-hydrogen) atoms. The summed E-state index contributed by atoms with van der Waals surface area (Å²) in [6.07, 6.45) is 1.56. The summed E-state index contributed by atoms with van der Waals surface area (Å²) in [5.74, 6) is 0.203. The minimum Gasteiger partial charge on any atom is -0.411 e. The molecule has 0 radical (unpaired) electrons. The molecule has 3 rings (SSSR count). The van der Waals surface area contributed by atoms with Gasteiger partial charge in [-0.25, -0.2) is 4.98 Å². The zero-order valence-corrected chi connectivity index (χ0v) is 16.1. The summed E-state index contributed by atoms with van der Waals surface area (Å²) in [6.45, 7) is 5.83. The minimum absolute atomic E-state index is 0.226. The van der Waals surface area contributed by atoms with Crippen LogP contribution in [0.25, 0.3) is 11.5 Å². The number of hydrogen-bond acceptors (Lipinski definition) is 6. The molecule has 6 nitrogen and oxygen atoms in total. The topological polar surface area (TPSA) is 80.9 Å². The number of halogens is 1. The Bertz CT molecular complexity index is 944. The number of benzene rings is 1. The summed E-state index contributed by atoms with van der Waals surface area (Å²) < 4.78 is 5.68. The lowest BCUT2D eigenvalue weighted by molar-refractivity contribution is -0.115. The molecule has 1 atom stereocenters. The number of thioether (sulfide) groups is 1. The van der Waals surface area contributed by atoms with Crippen molar-refractivity contribution in [3.63, 3.8) is 0 Å². The van der Waals surface area contributed by atoms with Crippen molar-refractivity contribution in [1.82, 2.24) is 15.2 Å². The van der Waals surface area contributed by atoms with Gasteiger partial charge in [0.1, 0.15) is 0 Å². The van der Waals surface area contributed by atoms with Gasteiger partial charge in [-0.05, 0) is 56.2 Å². The third-order valence-corrected chi connectivity index (χ3v) is 5.06. The average molecular weight is 389 g/mol. The second-order valence-corrected chi connectivity index (χ2v) is 7.41. The van der Waals surface area contributed by atoms with Crippen LogP contribution in [0.1, 0.15) is 18.1 Å². The summed E-state index contributed by atoms with van der Waals surface area (Å²) in [4.78, 5) is 16.2. The van der Waals surface area contributed by atoms with E-state index in [1.54, 1.807) is 25.3 Å². The van der Waals surface area contributed by atoms with Crippen molar-refractivity contribution < 1.29 is 9.21 Å². The van der Waals surface area contributed by atoms with Crippen molar-refractivity contribution in [2.24, 2.45) is 0 Å². The molecule has 0 unspecified atom stereocenters. The van der Waals surface area contributed by atoms with E-state index in [0.29, 0.717) is 16.8 Å². The van der Waals surface area contributed by atoms with Gasteiger partial charge in [-0.3, -0.25) is 4.79 Å². The summed E-state index contributed by atoms with van der Waals surface area (Å²) in [7, 11) is 0. The SMILES string of the molecule is Cc1ccc(-c2nnc(S[C@@H](C)C(=O)Nc3cccnc3Cl)o2)cc1C. The van der Waals surface area contributed by atoms with Crippen molar-refractivity contribution in [2.45, 2.75) is 31.2 Å². The molecule has 8 heteroatoms. The number of nitrogens with one attached hydrogen (secondary N) is 1. The third kappa shape index (κ3) is 4.23. The Kier molecular flexibility index (Phi) is 5.58. The number of amides is 1. The fourth-order valence-electron chi connectivity index (χ4n) is 2.17. The normalized spacial score (nSPS) is 12.0. The van der Waals surface area contributed by atoms with Crippen molar-refractivity contribution in [1.29, 1.82) is 0 Å². The predicted molar refractivity (Wildman–Crippen MR) is 102 cm³/mol. The van der Waals surface area contributed by atoms with Crippen LogP contribution in [0.5, 0.6) is 0 Å². The maximum absolute atomic E-state index is 12.3. The van der Waals surface area contributed by atoms with Gasteiger partial charge in [0, 0.05) is 11.8 Å². The zero-order chi connectivity index (χ0) is 18.7. The van der Waals surface area contributed by atoms with Gasteiger partial charge in [0.15, 0.2) is 5.15 Å².